The first-order valence-electron chi connectivity index (χ1n) is 10.7. The van der Waals surface area contributed by atoms with Gasteiger partial charge in [0.2, 0.25) is 0 Å². The Kier molecular flexibility index (Phi) is 4.62. The van der Waals surface area contributed by atoms with Gasteiger partial charge in [-0.1, -0.05) is 36.8 Å². The molecule has 0 aliphatic heterocycles. The summed E-state index contributed by atoms with van der Waals surface area (Å²) in [6.07, 6.45) is 7.73. The Labute approximate surface area is 176 Å². The first kappa shape index (κ1) is 19.3. The molecule has 4 heteroatoms. The summed E-state index contributed by atoms with van der Waals surface area (Å²) in [4.78, 5) is 0. The molecule has 1 N–H and O–H groups in total. The zero-order valence-electron chi connectivity index (χ0n) is 17.5. The number of fused-ring (bicyclic) bond motifs is 2. The van der Waals surface area contributed by atoms with E-state index < -0.39 is 6.10 Å². The molecule has 30 heavy (non-hydrogen) atoms. The summed E-state index contributed by atoms with van der Waals surface area (Å²) < 4.78 is 15.3. The van der Waals surface area contributed by atoms with E-state index in [4.69, 9.17) is 0 Å². The van der Waals surface area contributed by atoms with Crippen LogP contribution in [0, 0.1) is 24.1 Å². The van der Waals surface area contributed by atoms with Gasteiger partial charge in [-0.15, -0.1) is 0 Å². The molecule has 2 unspecified atom stereocenters. The van der Waals surface area contributed by atoms with Gasteiger partial charge in [0.05, 0.1) is 23.7 Å². The smallest absolute Gasteiger partial charge is 0.123 e. The second kappa shape index (κ2) is 7.21. The predicted octanol–water partition coefficient (Wildman–Crippen LogP) is 5.80. The molecule has 1 heterocycles. The van der Waals surface area contributed by atoms with Crippen LogP contribution in [0.1, 0.15) is 54.7 Å². The molecule has 0 spiro atoms. The van der Waals surface area contributed by atoms with Crippen molar-refractivity contribution < 1.29 is 9.50 Å². The number of aromatic nitrogens is 2. The van der Waals surface area contributed by atoms with Gasteiger partial charge in [0.15, 0.2) is 0 Å². The molecule has 2 aliphatic carbocycles. The molecule has 0 amide bonds. The van der Waals surface area contributed by atoms with E-state index in [1.807, 2.05) is 23.0 Å². The maximum absolute atomic E-state index is 13.4. The van der Waals surface area contributed by atoms with Crippen LogP contribution < -0.4 is 0 Å². The van der Waals surface area contributed by atoms with Crippen LogP contribution in [0.3, 0.4) is 0 Å². The van der Waals surface area contributed by atoms with Gasteiger partial charge in [-0.25, -0.2) is 9.07 Å². The van der Waals surface area contributed by atoms with Crippen LogP contribution in [0.15, 0.2) is 60.3 Å². The summed E-state index contributed by atoms with van der Waals surface area (Å²) in [5.74, 6) is -0.0769. The van der Waals surface area contributed by atoms with E-state index in [1.165, 1.54) is 23.3 Å². The lowest BCUT2D eigenvalue weighted by Gasteiger charge is -2.48. The van der Waals surface area contributed by atoms with Crippen LogP contribution in [0.25, 0.3) is 11.8 Å². The monoisotopic (exact) mass is 402 g/mol. The SMILES string of the molecule is Cc1ccccc1C(O)C1CCCC2=Cc3c(cnn3-c3ccc(F)cc3)C[C@@]21C. The van der Waals surface area contributed by atoms with Gasteiger partial charge in [-0.05, 0) is 91.0 Å². The first-order chi connectivity index (χ1) is 14.5. The predicted molar refractivity (Wildman–Crippen MR) is 117 cm³/mol. The van der Waals surface area contributed by atoms with E-state index in [0.29, 0.717) is 0 Å². The number of aryl methyl sites for hydroxylation is 1. The van der Waals surface area contributed by atoms with Gasteiger partial charge < -0.3 is 5.11 Å². The summed E-state index contributed by atoms with van der Waals surface area (Å²) in [5.41, 5.74) is 6.62. The van der Waals surface area contributed by atoms with Crippen LogP contribution in [0.2, 0.25) is 0 Å². The van der Waals surface area contributed by atoms with Crippen molar-refractivity contribution in [2.45, 2.75) is 45.6 Å². The third kappa shape index (κ3) is 3.02. The van der Waals surface area contributed by atoms with Crippen molar-refractivity contribution in [3.8, 4) is 5.69 Å². The molecule has 1 saturated carbocycles. The number of hydrogen-bond acceptors (Lipinski definition) is 2. The maximum Gasteiger partial charge on any atom is 0.123 e. The number of allylic oxidation sites excluding steroid dienone is 1. The van der Waals surface area contributed by atoms with Crippen molar-refractivity contribution in [3.63, 3.8) is 0 Å². The van der Waals surface area contributed by atoms with Gasteiger partial charge in [0, 0.05) is 0 Å². The average Bonchev–Trinajstić information content (AvgIpc) is 3.14. The number of nitrogens with zero attached hydrogens (tertiary/aromatic N) is 2. The van der Waals surface area contributed by atoms with Crippen molar-refractivity contribution in [1.29, 1.82) is 0 Å². The largest absolute Gasteiger partial charge is 0.388 e. The van der Waals surface area contributed by atoms with Crippen molar-refractivity contribution in [3.05, 3.63) is 88.5 Å². The summed E-state index contributed by atoms with van der Waals surface area (Å²) in [5, 5.41) is 16.0. The topological polar surface area (TPSA) is 38.1 Å². The van der Waals surface area contributed by atoms with Crippen molar-refractivity contribution in [2.24, 2.45) is 11.3 Å². The van der Waals surface area contributed by atoms with Crippen molar-refractivity contribution in [1.82, 2.24) is 9.78 Å². The number of hydrogen-bond donors (Lipinski definition) is 1. The Morgan fingerprint density at radius 3 is 2.70 bits per heavy atom. The molecule has 5 rings (SSSR count). The van der Waals surface area contributed by atoms with Gasteiger partial charge in [-0.3, -0.25) is 0 Å². The third-order valence-electron chi connectivity index (χ3n) is 7.23. The molecule has 1 fully saturated rings. The fourth-order valence-electron chi connectivity index (χ4n) is 5.51. The summed E-state index contributed by atoms with van der Waals surface area (Å²) >= 11 is 0. The zero-order chi connectivity index (χ0) is 20.9. The molecular formula is C26H27FN2O. The van der Waals surface area contributed by atoms with Gasteiger partial charge in [0.25, 0.3) is 0 Å². The lowest BCUT2D eigenvalue weighted by molar-refractivity contribution is 0.0213. The molecule has 3 aromatic rings. The lowest BCUT2D eigenvalue weighted by atomic mass is 9.57. The van der Waals surface area contributed by atoms with E-state index in [0.717, 1.165) is 48.2 Å². The number of aliphatic hydroxyl groups excluding tert-OH is 1. The fourth-order valence-corrected chi connectivity index (χ4v) is 5.51. The van der Waals surface area contributed by atoms with Crippen LogP contribution in [0.4, 0.5) is 4.39 Å². The molecule has 0 saturated heterocycles. The molecule has 3 nitrogen and oxygen atoms in total. The number of halogens is 1. The van der Waals surface area contributed by atoms with E-state index in [9.17, 15) is 9.50 Å². The van der Waals surface area contributed by atoms with Gasteiger partial charge in [-0.2, -0.15) is 5.10 Å². The number of rotatable bonds is 3. The molecule has 3 atom stereocenters. The van der Waals surface area contributed by atoms with E-state index in [2.05, 4.69) is 37.2 Å². The number of aliphatic hydroxyl groups is 1. The van der Waals surface area contributed by atoms with Crippen LogP contribution in [-0.4, -0.2) is 14.9 Å². The van der Waals surface area contributed by atoms with Crippen LogP contribution in [0.5, 0.6) is 0 Å². The van der Waals surface area contributed by atoms with Crippen LogP contribution in [-0.2, 0) is 6.42 Å². The summed E-state index contributed by atoms with van der Waals surface area (Å²) in [6, 6.07) is 14.6. The summed E-state index contributed by atoms with van der Waals surface area (Å²) in [7, 11) is 0. The Balaban J connectivity index is 1.53. The Bertz CT molecular complexity index is 1110. The highest BCUT2D eigenvalue weighted by Gasteiger charge is 2.46. The molecule has 1 aromatic heterocycles. The highest BCUT2D eigenvalue weighted by molar-refractivity contribution is 5.61. The minimum Gasteiger partial charge on any atom is -0.388 e. The van der Waals surface area contributed by atoms with E-state index in [1.54, 1.807) is 12.1 Å². The zero-order valence-corrected chi connectivity index (χ0v) is 17.5. The Hall–Kier alpha value is -2.72. The second-order valence-electron chi connectivity index (χ2n) is 9.01. The van der Waals surface area contributed by atoms with Crippen molar-refractivity contribution >= 4 is 6.08 Å². The molecule has 0 radical (unpaired) electrons. The molecule has 0 bridgehead atoms. The Morgan fingerprint density at radius 2 is 1.93 bits per heavy atom. The highest BCUT2D eigenvalue weighted by atomic mass is 19.1. The lowest BCUT2D eigenvalue weighted by Crippen LogP contribution is -2.40. The first-order valence-corrected chi connectivity index (χ1v) is 10.7. The second-order valence-corrected chi connectivity index (χ2v) is 9.01. The highest BCUT2D eigenvalue weighted by Crippen LogP contribution is 2.55. The fraction of sp³-hybridized carbons (Fsp3) is 0.346. The molecule has 154 valence electrons. The van der Waals surface area contributed by atoms with Gasteiger partial charge >= 0.3 is 0 Å². The van der Waals surface area contributed by atoms with E-state index >= 15 is 0 Å². The molecule has 2 aromatic carbocycles. The average molecular weight is 403 g/mol. The van der Waals surface area contributed by atoms with Crippen LogP contribution >= 0.6 is 0 Å². The minimum absolute atomic E-state index is 0.0936. The molecule has 2 aliphatic rings. The quantitative estimate of drug-likeness (QED) is 0.601. The minimum atomic E-state index is -0.478. The molecular weight excluding hydrogens is 375 g/mol. The standard InChI is InChI=1S/C26H27FN2O/c1-17-6-3-4-8-22(17)25(30)23-9-5-7-19-14-24-18(15-26(19,23)2)16-28-29(24)21-12-10-20(27)11-13-21/h3-4,6,8,10-14,16,23,25,30H,5,7,9,15H2,1-2H3/t23?,25?,26-/m0/s1. The van der Waals surface area contributed by atoms with E-state index in [-0.39, 0.29) is 17.2 Å². The van der Waals surface area contributed by atoms with Crippen molar-refractivity contribution in [2.75, 3.05) is 0 Å². The normalized spacial score (nSPS) is 24.0. The summed E-state index contributed by atoms with van der Waals surface area (Å²) in [6.45, 7) is 4.38. The Morgan fingerprint density at radius 1 is 1.17 bits per heavy atom. The maximum atomic E-state index is 13.4. The third-order valence-corrected chi connectivity index (χ3v) is 7.23. The van der Waals surface area contributed by atoms with Gasteiger partial charge in [0.1, 0.15) is 5.82 Å². The number of benzene rings is 2.